The third-order valence-corrected chi connectivity index (χ3v) is 2.00. The summed E-state index contributed by atoms with van der Waals surface area (Å²) in [4.78, 5) is 19.2. The van der Waals surface area contributed by atoms with Crippen LogP contribution >= 0.6 is 0 Å². The monoisotopic (exact) mass is 192 g/mol. The van der Waals surface area contributed by atoms with Gasteiger partial charge in [-0.2, -0.15) is 0 Å². The van der Waals surface area contributed by atoms with E-state index in [-0.39, 0.29) is 0 Å². The second-order valence-electron chi connectivity index (χ2n) is 3.76. The van der Waals surface area contributed by atoms with Gasteiger partial charge in [-0.1, -0.05) is 20.8 Å². The quantitative estimate of drug-likeness (QED) is 0.686. The molecule has 0 aliphatic heterocycles. The molecule has 3 heteroatoms. The number of aldehydes is 1. The van der Waals surface area contributed by atoms with E-state index in [2.05, 4.69) is 23.8 Å². The zero-order valence-corrected chi connectivity index (χ0v) is 8.95. The van der Waals surface area contributed by atoms with Crippen molar-refractivity contribution < 1.29 is 4.79 Å². The van der Waals surface area contributed by atoms with Crippen LogP contribution in [0.2, 0.25) is 0 Å². The van der Waals surface area contributed by atoms with Crippen molar-refractivity contribution in [3.63, 3.8) is 0 Å². The van der Waals surface area contributed by atoms with Gasteiger partial charge in [0.2, 0.25) is 0 Å². The summed E-state index contributed by atoms with van der Waals surface area (Å²) in [5.41, 5.74) is 2.26. The van der Waals surface area contributed by atoms with E-state index in [0.717, 1.165) is 30.5 Å². The topological polar surface area (TPSA) is 42.9 Å². The molecular formula is C11H16N2O. The van der Waals surface area contributed by atoms with Gasteiger partial charge in [0.1, 0.15) is 5.69 Å². The molecule has 0 unspecified atom stereocenters. The highest BCUT2D eigenvalue weighted by atomic mass is 16.1. The molecule has 14 heavy (non-hydrogen) atoms. The van der Waals surface area contributed by atoms with Gasteiger partial charge in [0, 0.05) is 6.20 Å². The molecule has 0 N–H and O–H groups in total. The number of aromatic nitrogens is 2. The Bertz CT molecular complexity index is 321. The molecule has 0 aliphatic rings. The Balaban J connectivity index is 3.01. The van der Waals surface area contributed by atoms with Gasteiger partial charge in [0.25, 0.3) is 0 Å². The molecule has 76 valence electrons. The molecule has 3 nitrogen and oxygen atoms in total. The average Bonchev–Trinajstić information content (AvgIpc) is 2.16. The van der Waals surface area contributed by atoms with E-state index >= 15 is 0 Å². The summed E-state index contributed by atoms with van der Waals surface area (Å²) >= 11 is 0. The molecule has 0 amide bonds. The minimum Gasteiger partial charge on any atom is -0.296 e. The van der Waals surface area contributed by atoms with Gasteiger partial charge in [-0.3, -0.25) is 9.78 Å². The highest BCUT2D eigenvalue weighted by molar-refractivity contribution is 5.73. The van der Waals surface area contributed by atoms with Crippen LogP contribution in [0.25, 0.3) is 0 Å². The van der Waals surface area contributed by atoms with Gasteiger partial charge < -0.3 is 0 Å². The summed E-state index contributed by atoms with van der Waals surface area (Å²) in [6.45, 7) is 6.24. The van der Waals surface area contributed by atoms with E-state index in [1.54, 1.807) is 6.20 Å². The Morgan fingerprint density at radius 2 is 2.21 bits per heavy atom. The van der Waals surface area contributed by atoms with Gasteiger partial charge >= 0.3 is 0 Å². The summed E-state index contributed by atoms with van der Waals surface area (Å²) in [6.07, 6.45) is 4.13. The molecule has 0 bridgehead atoms. The summed E-state index contributed by atoms with van der Waals surface area (Å²) in [5.74, 6) is 0.495. The molecule has 0 aliphatic carbocycles. The predicted octanol–water partition coefficient (Wildman–Crippen LogP) is 2.05. The lowest BCUT2D eigenvalue weighted by Crippen LogP contribution is -2.06. The number of carbonyl (C=O) groups is 1. The molecule has 1 aromatic rings. The highest BCUT2D eigenvalue weighted by Crippen LogP contribution is 2.09. The maximum absolute atomic E-state index is 10.7. The number of carbonyl (C=O) groups excluding carboxylic acids is 1. The number of nitrogens with zero attached hydrogens (tertiary/aromatic N) is 2. The van der Waals surface area contributed by atoms with Gasteiger partial charge in [-0.25, -0.2) is 4.98 Å². The molecule has 1 rings (SSSR count). The first-order chi connectivity index (χ1) is 6.67. The van der Waals surface area contributed by atoms with E-state index in [1.807, 2.05) is 6.92 Å². The van der Waals surface area contributed by atoms with Crippen molar-refractivity contribution in [2.45, 2.75) is 33.6 Å². The fraction of sp³-hybridized carbons (Fsp3) is 0.545. The van der Waals surface area contributed by atoms with Gasteiger partial charge in [-0.15, -0.1) is 0 Å². The van der Waals surface area contributed by atoms with Crippen LogP contribution in [0.1, 0.15) is 42.6 Å². The number of aryl methyl sites for hydroxylation is 1. The first kappa shape index (κ1) is 10.8. The Morgan fingerprint density at radius 3 is 2.71 bits per heavy atom. The normalized spacial score (nSPS) is 10.6. The van der Waals surface area contributed by atoms with E-state index in [9.17, 15) is 4.79 Å². The van der Waals surface area contributed by atoms with Crippen LogP contribution in [0.15, 0.2) is 6.20 Å². The number of hydrogen-bond acceptors (Lipinski definition) is 3. The molecule has 0 fully saturated rings. The largest absolute Gasteiger partial charge is 0.296 e. The van der Waals surface area contributed by atoms with Gasteiger partial charge in [-0.05, 0) is 18.8 Å². The van der Waals surface area contributed by atoms with E-state index in [4.69, 9.17) is 0 Å². The standard InChI is InChI=1S/C11H16N2O/c1-4-9-6-12-11(7-14)10(13-9)5-8(2)3/h6-8H,4-5H2,1-3H3. The Hall–Kier alpha value is -1.25. The van der Waals surface area contributed by atoms with Crippen LogP contribution in [0, 0.1) is 5.92 Å². The van der Waals surface area contributed by atoms with E-state index < -0.39 is 0 Å². The molecule has 1 heterocycles. The second kappa shape index (κ2) is 4.84. The third-order valence-electron chi connectivity index (χ3n) is 2.00. The maximum atomic E-state index is 10.7. The lowest BCUT2D eigenvalue weighted by atomic mass is 10.1. The first-order valence-electron chi connectivity index (χ1n) is 4.97. The number of rotatable bonds is 4. The highest BCUT2D eigenvalue weighted by Gasteiger charge is 2.07. The van der Waals surface area contributed by atoms with Crippen molar-refractivity contribution in [1.29, 1.82) is 0 Å². The summed E-state index contributed by atoms with van der Waals surface area (Å²) < 4.78 is 0. The fourth-order valence-electron chi connectivity index (χ4n) is 1.28. The van der Waals surface area contributed by atoms with Crippen LogP contribution < -0.4 is 0 Å². The zero-order chi connectivity index (χ0) is 10.6. The summed E-state index contributed by atoms with van der Waals surface area (Å²) in [7, 11) is 0. The summed E-state index contributed by atoms with van der Waals surface area (Å²) in [6, 6.07) is 0. The van der Waals surface area contributed by atoms with Crippen LogP contribution in [0.5, 0.6) is 0 Å². The van der Waals surface area contributed by atoms with E-state index in [1.165, 1.54) is 0 Å². The summed E-state index contributed by atoms with van der Waals surface area (Å²) in [5, 5.41) is 0. The molecule has 0 atom stereocenters. The van der Waals surface area contributed by atoms with Crippen molar-refractivity contribution >= 4 is 6.29 Å². The molecule has 1 aromatic heterocycles. The van der Waals surface area contributed by atoms with Crippen LogP contribution in [-0.2, 0) is 12.8 Å². The lowest BCUT2D eigenvalue weighted by Gasteiger charge is -2.07. The van der Waals surface area contributed by atoms with Gasteiger partial charge in [0.15, 0.2) is 6.29 Å². The SMILES string of the molecule is CCc1cnc(C=O)c(CC(C)C)n1. The van der Waals surface area contributed by atoms with Crippen LogP contribution in [0.4, 0.5) is 0 Å². The zero-order valence-electron chi connectivity index (χ0n) is 8.95. The maximum Gasteiger partial charge on any atom is 0.170 e. The second-order valence-corrected chi connectivity index (χ2v) is 3.76. The van der Waals surface area contributed by atoms with E-state index in [0.29, 0.717) is 11.6 Å². The molecule has 0 saturated heterocycles. The minimum absolute atomic E-state index is 0.482. The molecule has 0 radical (unpaired) electrons. The fourth-order valence-corrected chi connectivity index (χ4v) is 1.28. The predicted molar refractivity (Wildman–Crippen MR) is 55.3 cm³/mol. The molecular weight excluding hydrogens is 176 g/mol. The van der Waals surface area contributed by atoms with Crippen molar-refractivity contribution in [3.05, 3.63) is 23.3 Å². The Labute approximate surface area is 84.6 Å². The third kappa shape index (κ3) is 2.62. The lowest BCUT2D eigenvalue weighted by molar-refractivity contribution is 0.111. The molecule has 0 saturated carbocycles. The number of hydrogen-bond donors (Lipinski definition) is 0. The van der Waals surface area contributed by atoms with Crippen molar-refractivity contribution in [2.24, 2.45) is 5.92 Å². The molecule has 0 spiro atoms. The van der Waals surface area contributed by atoms with Gasteiger partial charge in [0.05, 0.1) is 11.4 Å². The van der Waals surface area contributed by atoms with Crippen LogP contribution in [0.3, 0.4) is 0 Å². The van der Waals surface area contributed by atoms with Crippen LogP contribution in [-0.4, -0.2) is 16.3 Å². The van der Waals surface area contributed by atoms with Crippen molar-refractivity contribution in [2.75, 3.05) is 0 Å². The minimum atomic E-state index is 0.482. The Morgan fingerprint density at radius 1 is 1.50 bits per heavy atom. The van der Waals surface area contributed by atoms with Crippen molar-refractivity contribution in [1.82, 2.24) is 9.97 Å². The Kier molecular flexibility index (Phi) is 3.74. The van der Waals surface area contributed by atoms with Crippen molar-refractivity contribution in [3.8, 4) is 0 Å². The average molecular weight is 192 g/mol. The smallest absolute Gasteiger partial charge is 0.170 e. The molecule has 0 aromatic carbocycles. The first-order valence-corrected chi connectivity index (χ1v) is 4.97.